The number of benzene rings is 2. The van der Waals surface area contributed by atoms with E-state index in [4.69, 9.17) is 4.99 Å². The van der Waals surface area contributed by atoms with Crippen molar-refractivity contribution >= 4 is 12.1 Å². The number of carbonyl (C=O) groups is 1. The van der Waals surface area contributed by atoms with Gasteiger partial charge in [-0.3, -0.25) is 4.99 Å². The van der Waals surface area contributed by atoms with Gasteiger partial charge in [0.2, 0.25) is 0 Å². The Labute approximate surface area is 195 Å². The molecule has 1 unspecified atom stereocenters. The van der Waals surface area contributed by atoms with Crippen LogP contribution in [0.2, 0.25) is 0 Å². The lowest BCUT2D eigenvalue weighted by molar-refractivity contribution is -0.117. The maximum atomic E-state index is 11.0. The van der Waals surface area contributed by atoms with Crippen molar-refractivity contribution in [1.82, 2.24) is 4.90 Å². The Morgan fingerprint density at radius 3 is 2.16 bits per heavy atom. The highest BCUT2D eigenvalue weighted by Crippen LogP contribution is 2.36. The molecule has 0 saturated carbocycles. The van der Waals surface area contributed by atoms with Gasteiger partial charge in [-0.15, -0.1) is 0 Å². The minimum absolute atomic E-state index is 0.318. The fourth-order valence-corrected chi connectivity index (χ4v) is 4.93. The Morgan fingerprint density at radius 1 is 0.938 bits per heavy atom. The predicted octanol–water partition coefficient (Wildman–Crippen LogP) is 6.88. The number of hydrogen-bond acceptors (Lipinski definition) is 2. The lowest BCUT2D eigenvalue weighted by Gasteiger charge is -2.36. The van der Waals surface area contributed by atoms with Crippen molar-refractivity contribution < 1.29 is 4.79 Å². The van der Waals surface area contributed by atoms with Crippen LogP contribution >= 0.6 is 0 Å². The maximum absolute atomic E-state index is 11.0. The van der Waals surface area contributed by atoms with Crippen molar-refractivity contribution in [3.05, 3.63) is 71.8 Å². The molecule has 2 aromatic rings. The highest BCUT2D eigenvalue weighted by atomic mass is 16.1. The third-order valence-corrected chi connectivity index (χ3v) is 6.59. The minimum Gasteiger partial charge on any atom is -0.363 e. The van der Waals surface area contributed by atoms with Crippen LogP contribution in [-0.2, 0) is 4.79 Å². The molecule has 1 heterocycles. The van der Waals surface area contributed by atoms with Gasteiger partial charge in [0.15, 0.2) is 0 Å². The number of likely N-dealkylation sites (tertiary alicyclic amines) is 1. The average Bonchev–Trinajstić information content (AvgIpc) is 2.82. The molecule has 0 radical (unpaired) electrons. The molecule has 1 fully saturated rings. The largest absolute Gasteiger partial charge is 0.363 e. The molecule has 172 valence electrons. The molecule has 32 heavy (non-hydrogen) atoms. The molecule has 0 bridgehead atoms. The molecule has 3 heteroatoms. The molecule has 1 saturated heterocycles. The normalized spacial score (nSPS) is 16.7. The first-order valence-electron chi connectivity index (χ1n) is 12.6. The van der Waals surface area contributed by atoms with E-state index in [2.05, 4.69) is 71.9 Å². The molecule has 1 aliphatic rings. The Morgan fingerprint density at radius 2 is 1.53 bits per heavy atom. The zero-order valence-corrected chi connectivity index (χ0v) is 19.8. The molecule has 0 spiro atoms. The van der Waals surface area contributed by atoms with Crippen LogP contribution in [0.25, 0.3) is 0 Å². The third kappa shape index (κ3) is 8.26. The summed E-state index contributed by atoms with van der Waals surface area (Å²) in [5.41, 5.74) is 2.84. The fraction of sp³-hybridized carbons (Fsp3) is 0.517. The van der Waals surface area contributed by atoms with Gasteiger partial charge in [-0.25, -0.2) is 0 Å². The van der Waals surface area contributed by atoms with Crippen LogP contribution in [0.1, 0.15) is 81.8 Å². The van der Waals surface area contributed by atoms with Crippen LogP contribution in [-0.4, -0.2) is 36.7 Å². The highest BCUT2D eigenvalue weighted by molar-refractivity contribution is 5.75. The number of rotatable bonds is 13. The molecule has 2 aromatic carbocycles. The second-order valence-corrected chi connectivity index (χ2v) is 9.29. The third-order valence-electron chi connectivity index (χ3n) is 6.59. The summed E-state index contributed by atoms with van der Waals surface area (Å²) in [6.45, 7) is 4.81. The molecular formula is C29H40N2O. The van der Waals surface area contributed by atoms with E-state index in [0.29, 0.717) is 17.6 Å². The first-order valence-corrected chi connectivity index (χ1v) is 12.6. The molecule has 3 nitrogen and oxygen atoms in total. The SMILES string of the molecule is CC(=O)CCCCCCCCN=CN1CCCC(C(c2ccccc2)c2ccccc2)C1. The van der Waals surface area contributed by atoms with Crippen molar-refractivity contribution in [1.29, 1.82) is 0 Å². The summed E-state index contributed by atoms with van der Waals surface area (Å²) in [6, 6.07) is 22.0. The van der Waals surface area contributed by atoms with Gasteiger partial charge in [-0.1, -0.05) is 86.3 Å². The van der Waals surface area contributed by atoms with Gasteiger partial charge in [0.25, 0.3) is 0 Å². The second-order valence-electron chi connectivity index (χ2n) is 9.29. The summed E-state index contributed by atoms with van der Waals surface area (Å²) in [5.74, 6) is 1.37. The number of ketones is 1. The molecule has 1 atom stereocenters. The van der Waals surface area contributed by atoms with Crippen molar-refractivity contribution in [3.63, 3.8) is 0 Å². The average molecular weight is 433 g/mol. The zero-order valence-electron chi connectivity index (χ0n) is 19.8. The van der Waals surface area contributed by atoms with Crippen molar-refractivity contribution in [3.8, 4) is 0 Å². The van der Waals surface area contributed by atoms with E-state index in [1.165, 1.54) is 49.7 Å². The molecule has 3 rings (SSSR count). The zero-order chi connectivity index (χ0) is 22.4. The summed E-state index contributed by atoms with van der Waals surface area (Å²) in [4.78, 5) is 18.2. The first kappa shape index (κ1) is 24.2. The number of nitrogens with zero attached hydrogens (tertiary/aromatic N) is 2. The van der Waals surface area contributed by atoms with E-state index >= 15 is 0 Å². The van der Waals surface area contributed by atoms with E-state index in [0.717, 1.165) is 38.9 Å². The molecule has 0 amide bonds. The smallest absolute Gasteiger partial charge is 0.129 e. The molecule has 0 aromatic heterocycles. The summed E-state index contributed by atoms with van der Waals surface area (Å²) in [5, 5.41) is 0. The lowest BCUT2D eigenvalue weighted by Crippen LogP contribution is -2.37. The van der Waals surface area contributed by atoms with Gasteiger partial charge >= 0.3 is 0 Å². The lowest BCUT2D eigenvalue weighted by atomic mass is 9.77. The highest BCUT2D eigenvalue weighted by Gasteiger charge is 2.28. The van der Waals surface area contributed by atoms with E-state index in [1.54, 1.807) is 6.92 Å². The minimum atomic E-state index is 0.318. The van der Waals surface area contributed by atoms with Crippen LogP contribution in [0.4, 0.5) is 0 Å². The van der Waals surface area contributed by atoms with Crippen molar-refractivity contribution in [2.24, 2.45) is 10.9 Å². The molecule has 1 aliphatic heterocycles. The first-order chi connectivity index (χ1) is 15.7. The van der Waals surface area contributed by atoms with Crippen LogP contribution in [0, 0.1) is 5.92 Å². The van der Waals surface area contributed by atoms with Crippen molar-refractivity contribution in [2.45, 2.75) is 70.6 Å². The van der Waals surface area contributed by atoms with E-state index in [1.807, 2.05) is 0 Å². The van der Waals surface area contributed by atoms with Gasteiger partial charge in [-0.05, 0) is 49.7 Å². The monoisotopic (exact) mass is 432 g/mol. The summed E-state index contributed by atoms with van der Waals surface area (Å²) in [7, 11) is 0. The topological polar surface area (TPSA) is 32.7 Å². The van der Waals surface area contributed by atoms with Gasteiger partial charge in [0.05, 0.1) is 6.34 Å². The van der Waals surface area contributed by atoms with E-state index < -0.39 is 0 Å². The second kappa shape index (κ2) is 13.9. The Bertz CT molecular complexity index is 763. The summed E-state index contributed by atoms with van der Waals surface area (Å²) >= 11 is 0. The van der Waals surface area contributed by atoms with Crippen LogP contribution in [0.3, 0.4) is 0 Å². The number of unbranched alkanes of at least 4 members (excludes halogenated alkanes) is 5. The number of hydrogen-bond donors (Lipinski definition) is 0. The fourth-order valence-electron chi connectivity index (χ4n) is 4.93. The van der Waals surface area contributed by atoms with Crippen LogP contribution < -0.4 is 0 Å². The van der Waals surface area contributed by atoms with E-state index in [-0.39, 0.29) is 0 Å². The van der Waals surface area contributed by atoms with Gasteiger partial charge in [-0.2, -0.15) is 0 Å². The maximum Gasteiger partial charge on any atom is 0.129 e. The summed E-state index contributed by atoms with van der Waals surface area (Å²) in [6.07, 6.45) is 12.5. The molecular weight excluding hydrogens is 392 g/mol. The van der Waals surface area contributed by atoms with Crippen LogP contribution in [0.15, 0.2) is 65.7 Å². The van der Waals surface area contributed by atoms with Crippen molar-refractivity contribution in [2.75, 3.05) is 19.6 Å². The number of piperidine rings is 1. The van der Waals surface area contributed by atoms with Gasteiger partial charge < -0.3 is 9.69 Å². The number of carbonyl (C=O) groups excluding carboxylic acids is 1. The molecule has 0 aliphatic carbocycles. The van der Waals surface area contributed by atoms with Gasteiger partial charge in [0, 0.05) is 32.0 Å². The number of Topliss-reactive ketones (excluding diaryl/α,β-unsaturated/α-hetero) is 1. The number of aliphatic imine (C=N–C) groups is 1. The van der Waals surface area contributed by atoms with E-state index in [9.17, 15) is 4.79 Å². The predicted molar refractivity (Wildman–Crippen MR) is 135 cm³/mol. The Balaban J connectivity index is 1.45. The standard InChI is InChI=1S/C29H40N2O/c1-25(32)15-8-4-2-3-5-13-21-30-24-31-22-14-20-28(23-31)29(26-16-9-6-10-17-26)27-18-11-7-12-19-27/h6-7,9-12,16-19,24,28-29H,2-5,8,13-15,20-23H2,1H3. The molecule has 0 N–H and O–H groups in total. The van der Waals surface area contributed by atoms with Crippen LogP contribution in [0.5, 0.6) is 0 Å². The summed E-state index contributed by atoms with van der Waals surface area (Å²) < 4.78 is 0. The Kier molecular flexibility index (Phi) is 10.5. The quantitative estimate of drug-likeness (QED) is 0.196. The van der Waals surface area contributed by atoms with Gasteiger partial charge in [0.1, 0.15) is 5.78 Å². The Hall–Kier alpha value is -2.42.